The van der Waals surface area contributed by atoms with Gasteiger partial charge in [-0.2, -0.15) is 10.1 Å². The molecule has 0 spiro atoms. The first kappa shape index (κ1) is 13.7. The number of carbonyl (C=O) groups is 1. The molecule has 7 nitrogen and oxygen atoms in total. The molecular formula is C13H14N4O3S. The number of H-pyrrole nitrogens is 1. The van der Waals surface area contributed by atoms with Crippen molar-refractivity contribution in [1.29, 1.82) is 0 Å². The molecule has 1 aliphatic heterocycles. The van der Waals surface area contributed by atoms with Crippen LogP contribution in [0.15, 0.2) is 24.5 Å². The minimum absolute atomic E-state index is 0.0142. The number of aromatic amines is 1. The lowest BCUT2D eigenvalue weighted by molar-refractivity contribution is -0.115. The predicted octanol–water partition coefficient (Wildman–Crippen LogP) is 1.60. The Morgan fingerprint density at radius 2 is 2.24 bits per heavy atom. The Morgan fingerprint density at radius 1 is 1.38 bits per heavy atom. The number of amides is 1. The molecule has 0 bridgehead atoms. The van der Waals surface area contributed by atoms with Gasteiger partial charge in [-0.05, 0) is 12.1 Å². The van der Waals surface area contributed by atoms with Crippen molar-refractivity contribution >= 4 is 23.6 Å². The quantitative estimate of drug-likeness (QED) is 0.924. The van der Waals surface area contributed by atoms with Crippen LogP contribution in [0.25, 0.3) is 0 Å². The fourth-order valence-electron chi connectivity index (χ4n) is 2.22. The molecule has 2 aromatic rings. The van der Waals surface area contributed by atoms with Gasteiger partial charge >= 0.3 is 0 Å². The Kier molecular flexibility index (Phi) is 3.70. The van der Waals surface area contributed by atoms with Gasteiger partial charge in [0.15, 0.2) is 0 Å². The largest absolute Gasteiger partial charge is 0.497 e. The maximum Gasteiger partial charge on any atom is 0.240 e. The number of carbonyl (C=O) groups excluding carboxylic acids is 1. The number of thioether (sulfide) groups is 1. The van der Waals surface area contributed by atoms with Gasteiger partial charge < -0.3 is 9.47 Å². The van der Waals surface area contributed by atoms with Crippen LogP contribution in [0, 0.1) is 0 Å². The van der Waals surface area contributed by atoms with Gasteiger partial charge in [-0.15, -0.1) is 11.8 Å². The highest BCUT2D eigenvalue weighted by molar-refractivity contribution is 8.00. The van der Waals surface area contributed by atoms with Gasteiger partial charge in [0, 0.05) is 11.6 Å². The summed E-state index contributed by atoms with van der Waals surface area (Å²) >= 11 is 1.52. The van der Waals surface area contributed by atoms with Crippen molar-refractivity contribution in [3.63, 3.8) is 0 Å². The lowest BCUT2D eigenvalue weighted by atomic mass is 10.1. The number of methoxy groups -OCH3 is 2. The number of aromatic nitrogens is 3. The van der Waals surface area contributed by atoms with Crippen LogP contribution in [-0.4, -0.2) is 41.1 Å². The Balaban J connectivity index is 2.01. The van der Waals surface area contributed by atoms with Crippen molar-refractivity contribution in [2.75, 3.05) is 24.9 Å². The molecule has 1 aliphatic rings. The third kappa shape index (κ3) is 2.42. The number of ether oxygens (including phenoxy) is 2. The standard InChI is InChI=1S/C13H14N4O3S/c1-19-8-3-4-9(10(5-8)20-2)12-17(11(18)6-21-12)13-14-7-15-16-13/h3-5,7,12H,6H2,1-2H3,(H,14,15,16). The summed E-state index contributed by atoms with van der Waals surface area (Å²) in [5, 5.41) is 6.34. The molecule has 1 saturated heterocycles. The van der Waals surface area contributed by atoms with E-state index in [0.29, 0.717) is 23.2 Å². The third-order valence-electron chi connectivity index (χ3n) is 3.21. The van der Waals surface area contributed by atoms with E-state index in [9.17, 15) is 4.79 Å². The van der Waals surface area contributed by atoms with Crippen molar-refractivity contribution in [3.05, 3.63) is 30.1 Å². The number of anilines is 1. The number of hydrogen-bond donors (Lipinski definition) is 1. The molecule has 21 heavy (non-hydrogen) atoms. The molecule has 0 saturated carbocycles. The van der Waals surface area contributed by atoms with Crippen LogP contribution in [-0.2, 0) is 4.79 Å². The highest BCUT2D eigenvalue weighted by Gasteiger charge is 2.37. The van der Waals surface area contributed by atoms with Gasteiger partial charge in [0.2, 0.25) is 11.9 Å². The summed E-state index contributed by atoms with van der Waals surface area (Å²) in [6, 6.07) is 5.55. The molecule has 110 valence electrons. The van der Waals surface area contributed by atoms with Crippen molar-refractivity contribution < 1.29 is 14.3 Å². The first-order chi connectivity index (χ1) is 10.2. The van der Waals surface area contributed by atoms with E-state index in [2.05, 4.69) is 15.2 Å². The van der Waals surface area contributed by atoms with Crippen molar-refractivity contribution in [2.45, 2.75) is 5.37 Å². The predicted molar refractivity (Wildman–Crippen MR) is 78.6 cm³/mol. The minimum Gasteiger partial charge on any atom is -0.497 e. The molecule has 8 heteroatoms. The molecule has 1 fully saturated rings. The molecule has 1 unspecified atom stereocenters. The zero-order valence-corrected chi connectivity index (χ0v) is 12.4. The summed E-state index contributed by atoms with van der Waals surface area (Å²) < 4.78 is 10.6. The van der Waals surface area contributed by atoms with Crippen LogP contribution in [0.1, 0.15) is 10.9 Å². The second-order valence-corrected chi connectivity index (χ2v) is 5.41. The fourth-order valence-corrected chi connectivity index (χ4v) is 3.40. The Hall–Kier alpha value is -2.22. The number of nitrogens with one attached hydrogen (secondary N) is 1. The van der Waals surface area contributed by atoms with Crippen LogP contribution < -0.4 is 14.4 Å². The molecule has 1 atom stereocenters. The first-order valence-corrected chi connectivity index (χ1v) is 7.30. The van der Waals surface area contributed by atoms with Crippen molar-refractivity contribution in [1.82, 2.24) is 15.2 Å². The SMILES string of the molecule is COc1ccc(C2SCC(=O)N2c2ncn[nH]2)c(OC)c1. The maximum absolute atomic E-state index is 12.1. The summed E-state index contributed by atoms with van der Waals surface area (Å²) in [6.07, 6.45) is 1.38. The third-order valence-corrected chi connectivity index (χ3v) is 4.40. The average Bonchev–Trinajstić information content (AvgIpc) is 3.15. The monoisotopic (exact) mass is 306 g/mol. The van der Waals surface area contributed by atoms with E-state index in [-0.39, 0.29) is 11.3 Å². The maximum atomic E-state index is 12.1. The van der Waals surface area contributed by atoms with Gasteiger partial charge in [-0.25, -0.2) is 5.10 Å². The average molecular weight is 306 g/mol. The fraction of sp³-hybridized carbons (Fsp3) is 0.308. The summed E-state index contributed by atoms with van der Waals surface area (Å²) in [5.41, 5.74) is 0.894. The topological polar surface area (TPSA) is 80.3 Å². The number of nitrogens with zero attached hydrogens (tertiary/aromatic N) is 3. The smallest absolute Gasteiger partial charge is 0.240 e. The Morgan fingerprint density at radius 3 is 2.90 bits per heavy atom. The van der Waals surface area contributed by atoms with Crippen LogP contribution in [0.2, 0.25) is 0 Å². The van der Waals surface area contributed by atoms with Gasteiger partial charge in [0.25, 0.3) is 0 Å². The summed E-state index contributed by atoms with van der Waals surface area (Å²) in [7, 11) is 3.20. The van der Waals surface area contributed by atoms with E-state index in [1.165, 1.54) is 18.1 Å². The molecule has 1 aromatic heterocycles. The normalized spacial score (nSPS) is 18.1. The molecule has 0 aliphatic carbocycles. The van der Waals surface area contributed by atoms with E-state index in [1.54, 1.807) is 25.2 Å². The van der Waals surface area contributed by atoms with Crippen LogP contribution in [0.5, 0.6) is 11.5 Å². The second-order valence-electron chi connectivity index (χ2n) is 4.34. The first-order valence-electron chi connectivity index (χ1n) is 6.25. The zero-order valence-electron chi connectivity index (χ0n) is 11.6. The lowest BCUT2D eigenvalue weighted by Gasteiger charge is -2.23. The van der Waals surface area contributed by atoms with Crippen molar-refractivity contribution in [2.24, 2.45) is 0 Å². The van der Waals surface area contributed by atoms with Crippen LogP contribution >= 0.6 is 11.8 Å². The molecule has 1 N–H and O–H groups in total. The van der Waals surface area contributed by atoms with Crippen LogP contribution in [0.3, 0.4) is 0 Å². The van der Waals surface area contributed by atoms with Crippen LogP contribution in [0.4, 0.5) is 5.95 Å². The van der Waals surface area contributed by atoms with Gasteiger partial charge in [-0.3, -0.25) is 9.69 Å². The summed E-state index contributed by atoms with van der Waals surface area (Å²) in [5.74, 6) is 2.19. The van der Waals surface area contributed by atoms with E-state index in [4.69, 9.17) is 9.47 Å². The van der Waals surface area contributed by atoms with Crippen molar-refractivity contribution in [3.8, 4) is 11.5 Å². The molecule has 1 amide bonds. The highest BCUT2D eigenvalue weighted by Crippen LogP contribution is 2.44. The summed E-state index contributed by atoms with van der Waals surface area (Å²) in [4.78, 5) is 17.8. The Labute approximate surface area is 125 Å². The number of rotatable bonds is 4. The second kappa shape index (κ2) is 5.65. The number of hydrogen-bond acceptors (Lipinski definition) is 6. The molecule has 3 rings (SSSR count). The lowest BCUT2D eigenvalue weighted by Crippen LogP contribution is -2.29. The highest BCUT2D eigenvalue weighted by atomic mass is 32.2. The van der Waals surface area contributed by atoms with Gasteiger partial charge in [0.05, 0.1) is 20.0 Å². The summed E-state index contributed by atoms with van der Waals surface area (Å²) in [6.45, 7) is 0. The van der Waals surface area contributed by atoms with E-state index >= 15 is 0 Å². The van der Waals surface area contributed by atoms with E-state index < -0.39 is 0 Å². The zero-order chi connectivity index (χ0) is 14.8. The van der Waals surface area contributed by atoms with E-state index in [0.717, 1.165) is 5.56 Å². The molecule has 2 heterocycles. The molecule has 0 radical (unpaired) electrons. The Bertz CT molecular complexity index is 647. The number of benzene rings is 1. The van der Waals surface area contributed by atoms with Gasteiger partial charge in [0.1, 0.15) is 23.2 Å². The van der Waals surface area contributed by atoms with E-state index in [1.807, 2.05) is 12.1 Å². The molecular weight excluding hydrogens is 292 g/mol. The minimum atomic E-state index is -0.202. The molecule has 1 aromatic carbocycles. The van der Waals surface area contributed by atoms with Gasteiger partial charge in [-0.1, -0.05) is 0 Å².